The van der Waals surface area contributed by atoms with Gasteiger partial charge in [0.25, 0.3) is 0 Å². The van der Waals surface area contributed by atoms with E-state index in [1.54, 1.807) is 11.3 Å². The van der Waals surface area contributed by atoms with Crippen LogP contribution in [0.1, 0.15) is 16.0 Å². The van der Waals surface area contributed by atoms with E-state index in [4.69, 9.17) is 0 Å². The Balaban J connectivity index is 2.01. The second-order valence-corrected chi connectivity index (χ2v) is 5.76. The van der Waals surface area contributed by atoms with Crippen molar-refractivity contribution in [3.63, 3.8) is 0 Å². The molecule has 2 aromatic rings. The molecule has 96 valence electrons. The van der Waals surface area contributed by atoms with E-state index in [0.717, 1.165) is 19.4 Å². The van der Waals surface area contributed by atoms with E-state index in [2.05, 4.69) is 41.5 Å². The van der Waals surface area contributed by atoms with Crippen LogP contribution in [0.4, 0.5) is 0 Å². The van der Waals surface area contributed by atoms with Gasteiger partial charge in [0.05, 0.1) is 5.51 Å². The van der Waals surface area contributed by atoms with Gasteiger partial charge in [-0.3, -0.25) is 4.98 Å². The van der Waals surface area contributed by atoms with Crippen LogP contribution in [-0.4, -0.2) is 18.6 Å². The molecule has 1 aromatic carbocycles. The summed E-state index contributed by atoms with van der Waals surface area (Å²) in [4.78, 5) is 5.53. The van der Waals surface area contributed by atoms with Crippen molar-refractivity contribution in [2.75, 3.05) is 13.6 Å². The van der Waals surface area contributed by atoms with Gasteiger partial charge in [0.1, 0.15) is 0 Å². The standard InChI is InChI=1S/C15H20N2S/c1-12-4-3-5-13(6-12)7-14(9-16-2)8-15-10-17-11-18-15/h3-6,10-11,14,16H,7-9H2,1-2H3. The number of nitrogens with one attached hydrogen (secondary N) is 1. The van der Waals surface area contributed by atoms with Crippen LogP contribution in [0.25, 0.3) is 0 Å². The molecule has 0 fully saturated rings. The Bertz CT molecular complexity index is 465. The van der Waals surface area contributed by atoms with Gasteiger partial charge in [-0.25, -0.2) is 0 Å². The van der Waals surface area contributed by atoms with Crippen LogP contribution in [0.5, 0.6) is 0 Å². The lowest BCUT2D eigenvalue weighted by atomic mass is 9.95. The van der Waals surface area contributed by atoms with Crippen LogP contribution in [0.15, 0.2) is 36.0 Å². The maximum absolute atomic E-state index is 4.15. The van der Waals surface area contributed by atoms with Crippen LogP contribution in [0, 0.1) is 12.8 Å². The summed E-state index contributed by atoms with van der Waals surface area (Å²) in [6.07, 6.45) is 4.23. The van der Waals surface area contributed by atoms with Gasteiger partial charge in [-0.05, 0) is 44.8 Å². The molecule has 1 unspecified atom stereocenters. The zero-order chi connectivity index (χ0) is 12.8. The zero-order valence-corrected chi connectivity index (χ0v) is 11.8. The lowest BCUT2D eigenvalue weighted by Crippen LogP contribution is -2.22. The van der Waals surface area contributed by atoms with Gasteiger partial charge in [0.15, 0.2) is 0 Å². The molecule has 0 spiro atoms. The maximum Gasteiger partial charge on any atom is 0.0794 e. The van der Waals surface area contributed by atoms with Crippen LogP contribution < -0.4 is 5.32 Å². The van der Waals surface area contributed by atoms with Gasteiger partial charge in [0.2, 0.25) is 0 Å². The molecular weight excluding hydrogens is 240 g/mol. The molecule has 0 aliphatic heterocycles. The van der Waals surface area contributed by atoms with Crippen molar-refractivity contribution in [1.29, 1.82) is 0 Å². The van der Waals surface area contributed by atoms with Crippen molar-refractivity contribution in [2.45, 2.75) is 19.8 Å². The fourth-order valence-electron chi connectivity index (χ4n) is 2.31. The lowest BCUT2D eigenvalue weighted by Gasteiger charge is -2.16. The topological polar surface area (TPSA) is 24.9 Å². The van der Waals surface area contributed by atoms with Gasteiger partial charge in [-0.2, -0.15) is 0 Å². The summed E-state index contributed by atoms with van der Waals surface area (Å²) in [5, 5.41) is 3.30. The largest absolute Gasteiger partial charge is 0.319 e. The van der Waals surface area contributed by atoms with E-state index in [1.807, 2.05) is 18.8 Å². The number of thiazole rings is 1. The van der Waals surface area contributed by atoms with Crippen LogP contribution in [0.2, 0.25) is 0 Å². The van der Waals surface area contributed by atoms with Crippen molar-refractivity contribution in [2.24, 2.45) is 5.92 Å². The molecule has 2 rings (SSSR count). The summed E-state index contributed by atoms with van der Waals surface area (Å²) in [7, 11) is 2.02. The first-order valence-corrected chi connectivity index (χ1v) is 7.23. The molecule has 3 heteroatoms. The first-order valence-electron chi connectivity index (χ1n) is 6.35. The summed E-state index contributed by atoms with van der Waals surface area (Å²) in [6, 6.07) is 8.81. The Labute approximate surface area is 113 Å². The molecule has 0 aliphatic carbocycles. The Morgan fingerprint density at radius 3 is 2.89 bits per heavy atom. The molecule has 0 aliphatic rings. The first kappa shape index (κ1) is 13.2. The number of hydrogen-bond acceptors (Lipinski definition) is 3. The monoisotopic (exact) mass is 260 g/mol. The van der Waals surface area contributed by atoms with Crippen LogP contribution in [0.3, 0.4) is 0 Å². The molecule has 0 saturated heterocycles. The highest BCUT2D eigenvalue weighted by molar-refractivity contribution is 7.09. The van der Waals surface area contributed by atoms with E-state index in [9.17, 15) is 0 Å². The Morgan fingerprint density at radius 2 is 2.22 bits per heavy atom. The average Bonchev–Trinajstić information content (AvgIpc) is 2.82. The third kappa shape index (κ3) is 3.93. The predicted octanol–water partition coefficient (Wildman–Crippen LogP) is 3.07. The number of aryl methyl sites for hydroxylation is 1. The molecule has 1 heterocycles. The van der Waals surface area contributed by atoms with Crippen molar-refractivity contribution >= 4 is 11.3 Å². The Morgan fingerprint density at radius 1 is 1.33 bits per heavy atom. The van der Waals surface area contributed by atoms with Gasteiger partial charge in [-0.15, -0.1) is 11.3 Å². The zero-order valence-electron chi connectivity index (χ0n) is 11.0. The van der Waals surface area contributed by atoms with Crippen molar-refractivity contribution in [3.8, 4) is 0 Å². The Kier molecular flexibility index (Phi) is 4.90. The molecular formula is C15H20N2S. The molecule has 0 bridgehead atoms. The van der Waals surface area contributed by atoms with Crippen molar-refractivity contribution < 1.29 is 0 Å². The highest BCUT2D eigenvalue weighted by Gasteiger charge is 2.11. The smallest absolute Gasteiger partial charge is 0.0794 e. The third-order valence-electron chi connectivity index (χ3n) is 3.07. The highest BCUT2D eigenvalue weighted by Crippen LogP contribution is 2.17. The third-order valence-corrected chi connectivity index (χ3v) is 3.87. The number of nitrogens with zero attached hydrogens (tertiary/aromatic N) is 1. The summed E-state index contributed by atoms with van der Waals surface area (Å²) in [6.45, 7) is 3.20. The van der Waals surface area contributed by atoms with Crippen molar-refractivity contribution in [3.05, 3.63) is 52.0 Å². The molecule has 1 N–H and O–H groups in total. The van der Waals surface area contributed by atoms with E-state index in [-0.39, 0.29) is 0 Å². The van der Waals surface area contributed by atoms with E-state index < -0.39 is 0 Å². The fraction of sp³-hybridized carbons (Fsp3) is 0.400. The maximum atomic E-state index is 4.15. The number of rotatable bonds is 6. The van der Waals surface area contributed by atoms with Gasteiger partial charge in [0, 0.05) is 11.1 Å². The lowest BCUT2D eigenvalue weighted by molar-refractivity contribution is 0.496. The van der Waals surface area contributed by atoms with Crippen LogP contribution in [-0.2, 0) is 12.8 Å². The minimum absolute atomic E-state index is 0.636. The minimum atomic E-state index is 0.636. The Hall–Kier alpha value is -1.19. The SMILES string of the molecule is CNCC(Cc1cccc(C)c1)Cc1cncs1. The van der Waals surface area contributed by atoms with E-state index in [0.29, 0.717) is 5.92 Å². The summed E-state index contributed by atoms with van der Waals surface area (Å²) >= 11 is 1.75. The molecule has 2 nitrogen and oxygen atoms in total. The molecule has 1 aromatic heterocycles. The molecule has 0 radical (unpaired) electrons. The fourth-order valence-corrected chi connectivity index (χ4v) is 3.02. The van der Waals surface area contributed by atoms with Gasteiger partial charge in [-0.1, -0.05) is 29.8 Å². The second-order valence-electron chi connectivity index (χ2n) is 4.79. The van der Waals surface area contributed by atoms with Crippen LogP contribution >= 0.6 is 11.3 Å². The second kappa shape index (κ2) is 6.66. The van der Waals surface area contributed by atoms with Crippen molar-refractivity contribution in [1.82, 2.24) is 10.3 Å². The van der Waals surface area contributed by atoms with E-state index in [1.165, 1.54) is 16.0 Å². The van der Waals surface area contributed by atoms with Gasteiger partial charge >= 0.3 is 0 Å². The van der Waals surface area contributed by atoms with Gasteiger partial charge < -0.3 is 5.32 Å². The molecule has 1 atom stereocenters. The number of benzene rings is 1. The molecule has 0 amide bonds. The highest BCUT2D eigenvalue weighted by atomic mass is 32.1. The first-order chi connectivity index (χ1) is 8.78. The molecule has 18 heavy (non-hydrogen) atoms. The number of hydrogen-bond donors (Lipinski definition) is 1. The predicted molar refractivity (Wildman–Crippen MR) is 78.1 cm³/mol. The minimum Gasteiger partial charge on any atom is -0.319 e. The molecule has 0 saturated carbocycles. The normalized spacial score (nSPS) is 12.6. The average molecular weight is 260 g/mol. The summed E-state index contributed by atoms with van der Waals surface area (Å²) < 4.78 is 0. The summed E-state index contributed by atoms with van der Waals surface area (Å²) in [5.74, 6) is 0.636. The summed E-state index contributed by atoms with van der Waals surface area (Å²) in [5.41, 5.74) is 4.69. The van der Waals surface area contributed by atoms with E-state index >= 15 is 0 Å². The number of aromatic nitrogens is 1. The quantitative estimate of drug-likeness (QED) is 0.863.